The molecule has 1 N–H and O–H groups in total. The maximum absolute atomic E-state index is 12.8. The Hall–Kier alpha value is -0.390. The van der Waals surface area contributed by atoms with Gasteiger partial charge in [0.25, 0.3) is 0 Å². The molecule has 0 aromatic rings. The Balaban J connectivity index is 0.00000112. The molecule has 2 saturated heterocycles. The van der Waals surface area contributed by atoms with Gasteiger partial charge in [-0.05, 0) is 0 Å². The van der Waals surface area contributed by atoms with Crippen molar-refractivity contribution in [1.82, 2.24) is 10.2 Å². The number of carbonyl (C=O) groups is 1. The van der Waals surface area contributed by atoms with E-state index in [1.807, 2.05) is 0 Å². The summed E-state index contributed by atoms with van der Waals surface area (Å²) >= 11 is 0. The van der Waals surface area contributed by atoms with Crippen LogP contribution in [0, 0.1) is 0 Å². The molecule has 2 fully saturated rings. The second-order valence-electron chi connectivity index (χ2n) is 3.73. The summed E-state index contributed by atoms with van der Waals surface area (Å²) in [5, 5.41) is 2.90. The lowest BCUT2D eigenvalue weighted by atomic mass is 10.2. The summed E-state index contributed by atoms with van der Waals surface area (Å²) in [6.07, 6.45) is -0.555. The Morgan fingerprint density at radius 1 is 1.40 bits per heavy atom. The minimum absolute atomic E-state index is 0. The van der Waals surface area contributed by atoms with Gasteiger partial charge in [0.1, 0.15) is 6.17 Å². The van der Waals surface area contributed by atoms with Gasteiger partial charge in [0.2, 0.25) is 5.91 Å². The molecule has 2 heterocycles. The van der Waals surface area contributed by atoms with Crippen LogP contribution in [0.25, 0.3) is 0 Å². The van der Waals surface area contributed by atoms with Crippen LogP contribution in [0.4, 0.5) is 4.39 Å². The number of nitrogens with zero attached hydrogens (tertiary/aromatic N) is 1. The van der Waals surface area contributed by atoms with Crippen molar-refractivity contribution in [2.45, 2.75) is 18.6 Å². The molecular formula is C9H16ClFN2O2. The minimum Gasteiger partial charge on any atom is -0.378 e. The van der Waals surface area contributed by atoms with E-state index < -0.39 is 6.17 Å². The van der Waals surface area contributed by atoms with Gasteiger partial charge in [-0.2, -0.15) is 0 Å². The predicted octanol–water partition coefficient (Wildman–Crippen LogP) is -0.0330. The van der Waals surface area contributed by atoms with Crippen LogP contribution in [0.1, 0.15) is 6.42 Å². The molecule has 2 aliphatic heterocycles. The summed E-state index contributed by atoms with van der Waals surface area (Å²) in [6.45, 7) is 2.76. The Labute approximate surface area is 94.6 Å². The largest absolute Gasteiger partial charge is 0.378 e. The first-order valence-corrected chi connectivity index (χ1v) is 5.01. The standard InChI is InChI=1S/C9H15FN2O2.ClH/c10-7-5-8(11-6-7)9(13)12-1-3-14-4-2-12;/h7-8,11H,1-6H2;1H. The van der Waals surface area contributed by atoms with Crippen LogP contribution in [0.15, 0.2) is 0 Å². The van der Waals surface area contributed by atoms with Crippen molar-refractivity contribution in [3.05, 3.63) is 0 Å². The predicted molar refractivity (Wildman–Crippen MR) is 56.0 cm³/mol. The van der Waals surface area contributed by atoms with E-state index in [4.69, 9.17) is 4.74 Å². The van der Waals surface area contributed by atoms with Crippen molar-refractivity contribution in [3.63, 3.8) is 0 Å². The van der Waals surface area contributed by atoms with Gasteiger partial charge in [0.15, 0.2) is 0 Å². The summed E-state index contributed by atoms with van der Waals surface area (Å²) in [6, 6.07) is -0.317. The Morgan fingerprint density at radius 3 is 2.60 bits per heavy atom. The molecule has 0 aromatic heterocycles. The zero-order valence-electron chi connectivity index (χ0n) is 8.45. The average Bonchev–Trinajstić information content (AvgIpc) is 2.65. The molecule has 0 spiro atoms. The summed E-state index contributed by atoms with van der Waals surface area (Å²) < 4.78 is 18.0. The maximum atomic E-state index is 12.8. The number of hydrogen-bond acceptors (Lipinski definition) is 3. The second-order valence-corrected chi connectivity index (χ2v) is 3.73. The van der Waals surface area contributed by atoms with Crippen molar-refractivity contribution in [3.8, 4) is 0 Å². The van der Waals surface area contributed by atoms with E-state index in [1.54, 1.807) is 4.90 Å². The summed E-state index contributed by atoms with van der Waals surface area (Å²) in [5.74, 6) is 0.0217. The first-order valence-electron chi connectivity index (χ1n) is 5.01. The van der Waals surface area contributed by atoms with Gasteiger partial charge in [-0.25, -0.2) is 4.39 Å². The van der Waals surface area contributed by atoms with Gasteiger partial charge >= 0.3 is 0 Å². The number of ether oxygens (including phenoxy) is 1. The topological polar surface area (TPSA) is 41.6 Å². The molecule has 0 saturated carbocycles. The zero-order chi connectivity index (χ0) is 9.97. The Morgan fingerprint density at radius 2 is 2.07 bits per heavy atom. The fourth-order valence-electron chi connectivity index (χ4n) is 1.88. The highest BCUT2D eigenvalue weighted by Gasteiger charge is 2.32. The highest BCUT2D eigenvalue weighted by molar-refractivity contribution is 5.85. The van der Waals surface area contributed by atoms with E-state index in [0.29, 0.717) is 39.3 Å². The molecule has 4 nitrogen and oxygen atoms in total. The van der Waals surface area contributed by atoms with Crippen LogP contribution < -0.4 is 5.32 Å². The lowest BCUT2D eigenvalue weighted by Gasteiger charge is -2.29. The van der Waals surface area contributed by atoms with Crippen molar-refractivity contribution >= 4 is 18.3 Å². The number of halogens is 2. The van der Waals surface area contributed by atoms with Gasteiger partial charge in [0.05, 0.1) is 19.3 Å². The van der Waals surface area contributed by atoms with Crippen molar-refractivity contribution in [2.75, 3.05) is 32.8 Å². The van der Waals surface area contributed by atoms with E-state index >= 15 is 0 Å². The van der Waals surface area contributed by atoms with Crippen LogP contribution in [-0.4, -0.2) is 55.9 Å². The molecule has 0 aromatic carbocycles. The first-order chi connectivity index (χ1) is 6.77. The number of carbonyl (C=O) groups excluding carboxylic acids is 1. The molecule has 2 aliphatic rings. The molecule has 0 bridgehead atoms. The highest BCUT2D eigenvalue weighted by Crippen LogP contribution is 2.13. The number of nitrogens with one attached hydrogen (secondary N) is 1. The molecule has 2 atom stereocenters. The fraction of sp³-hybridized carbons (Fsp3) is 0.889. The van der Waals surface area contributed by atoms with Crippen LogP contribution in [0.3, 0.4) is 0 Å². The van der Waals surface area contributed by atoms with E-state index in [-0.39, 0.29) is 24.4 Å². The molecule has 2 unspecified atom stereocenters. The van der Waals surface area contributed by atoms with Crippen LogP contribution >= 0.6 is 12.4 Å². The Bertz CT molecular complexity index is 217. The minimum atomic E-state index is -0.870. The molecule has 0 aliphatic carbocycles. The van der Waals surface area contributed by atoms with E-state index in [0.717, 1.165) is 0 Å². The Kier molecular flexibility index (Phi) is 4.76. The average molecular weight is 239 g/mol. The number of alkyl halides is 1. The molecule has 1 amide bonds. The normalized spacial score (nSPS) is 31.1. The monoisotopic (exact) mass is 238 g/mol. The molecule has 0 radical (unpaired) electrons. The van der Waals surface area contributed by atoms with E-state index in [9.17, 15) is 9.18 Å². The van der Waals surface area contributed by atoms with E-state index in [2.05, 4.69) is 5.32 Å². The summed E-state index contributed by atoms with van der Waals surface area (Å²) in [7, 11) is 0. The summed E-state index contributed by atoms with van der Waals surface area (Å²) in [5.41, 5.74) is 0. The third-order valence-electron chi connectivity index (χ3n) is 2.70. The molecule has 15 heavy (non-hydrogen) atoms. The number of rotatable bonds is 1. The number of hydrogen-bond donors (Lipinski definition) is 1. The van der Waals surface area contributed by atoms with Crippen LogP contribution in [-0.2, 0) is 9.53 Å². The lowest BCUT2D eigenvalue weighted by molar-refractivity contribution is -0.137. The molecular weight excluding hydrogens is 223 g/mol. The number of amides is 1. The smallest absolute Gasteiger partial charge is 0.239 e. The van der Waals surface area contributed by atoms with Gasteiger partial charge in [-0.15, -0.1) is 12.4 Å². The molecule has 6 heteroatoms. The number of morpholine rings is 1. The SMILES string of the molecule is Cl.O=C(C1CC(F)CN1)N1CCOCC1. The van der Waals surface area contributed by atoms with Gasteiger partial charge < -0.3 is 15.0 Å². The quantitative estimate of drug-likeness (QED) is 0.698. The molecule has 2 rings (SSSR count). The third kappa shape index (κ3) is 3.03. The fourth-order valence-corrected chi connectivity index (χ4v) is 1.88. The van der Waals surface area contributed by atoms with Crippen LogP contribution in [0.5, 0.6) is 0 Å². The molecule has 88 valence electrons. The van der Waals surface area contributed by atoms with Crippen molar-refractivity contribution in [1.29, 1.82) is 0 Å². The maximum Gasteiger partial charge on any atom is 0.239 e. The second kappa shape index (κ2) is 5.63. The highest BCUT2D eigenvalue weighted by atomic mass is 35.5. The van der Waals surface area contributed by atoms with Crippen molar-refractivity contribution < 1.29 is 13.9 Å². The van der Waals surface area contributed by atoms with Crippen molar-refractivity contribution in [2.24, 2.45) is 0 Å². The third-order valence-corrected chi connectivity index (χ3v) is 2.70. The van der Waals surface area contributed by atoms with Crippen LogP contribution in [0.2, 0.25) is 0 Å². The zero-order valence-corrected chi connectivity index (χ0v) is 9.26. The lowest BCUT2D eigenvalue weighted by Crippen LogP contribution is -2.48. The van der Waals surface area contributed by atoms with Gasteiger partial charge in [0, 0.05) is 26.1 Å². The first kappa shape index (κ1) is 12.7. The van der Waals surface area contributed by atoms with Gasteiger partial charge in [-0.1, -0.05) is 0 Å². The summed E-state index contributed by atoms with van der Waals surface area (Å²) in [4.78, 5) is 13.5. The van der Waals surface area contributed by atoms with E-state index in [1.165, 1.54) is 0 Å². The van der Waals surface area contributed by atoms with Gasteiger partial charge in [-0.3, -0.25) is 4.79 Å².